The van der Waals surface area contributed by atoms with E-state index in [9.17, 15) is 4.79 Å². The molecule has 0 aliphatic rings. The number of benzene rings is 1. The summed E-state index contributed by atoms with van der Waals surface area (Å²) < 4.78 is 6.60. The van der Waals surface area contributed by atoms with Gasteiger partial charge < -0.3 is 4.74 Å². The van der Waals surface area contributed by atoms with Crippen LogP contribution in [0.2, 0.25) is 5.02 Å². The standard InChI is InChI=1S/C14H12BrClO2S/c1-9(18-12-4-2-3-11(16)6-12)14(17)7-13-5-10(15)8-19-13/h2-6,8-9H,7H2,1H3. The number of ketones is 1. The van der Waals surface area contributed by atoms with E-state index in [-0.39, 0.29) is 5.78 Å². The molecule has 1 heterocycles. The summed E-state index contributed by atoms with van der Waals surface area (Å²) in [5, 5.41) is 2.56. The molecule has 0 fully saturated rings. The molecule has 100 valence electrons. The summed E-state index contributed by atoms with van der Waals surface area (Å²) in [4.78, 5) is 13.1. The molecule has 0 N–H and O–H groups in total. The van der Waals surface area contributed by atoms with E-state index in [1.54, 1.807) is 42.5 Å². The Labute approximate surface area is 129 Å². The lowest BCUT2D eigenvalue weighted by atomic mass is 10.1. The molecule has 1 unspecified atom stereocenters. The maximum absolute atomic E-state index is 12.0. The van der Waals surface area contributed by atoms with Crippen molar-refractivity contribution in [3.05, 3.63) is 50.1 Å². The average Bonchev–Trinajstić information content (AvgIpc) is 2.74. The van der Waals surface area contributed by atoms with E-state index in [4.69, 9.17) is 16.3 Å². The van der Waals surface area contributed by atoms with E-state index in [0.717, 1.165) is 9.35 Å². The lowest BCUT2D eigenvalue weighted by Crippen LogP contribution is -2.25. The van der Waals surface area contributed by atoms with E-state index in [2.05, 4.69) is 15.9 Å². The lowest BCUT2D eigenvalue weighted by Gasteiger charge is -2.13. The van der Waals surface area contributed by atoms with Gasteiger partial charge in [-0.2, -0.15) is 0 Å². The van der Waals surface area contributed by atoms with E-state index in [1.807, 2.05) is 11.4 Å². The smallest absolute Gasteiger partial charge is 0.178 e. The first kappa shape index (κ1) is 14.6. The van der Waals surface area contributed by atoms with Crippen molar-refractivity contribution < 1.29 is 9.53 Å². The van der Waals surface area contributed by atoms with Crippen LogP contribution in [-0.2, 0) is 11.2 Å². The van der Waals surface area contributed by atoms with Crippen LogP contribution in [-0.4, -0.2) is 11.9 Å². The Kier molecular flexibility index (Phi) is 5.02. The molecule has 2 nitrogen and oxygen atoms in total. The van der Waals surface area contributed by atoms with Crippen LogP contribution >= 0.6 is 38.9 Å². The van der Waals surface area contributed by atoms with Gasteiger partial charge in [0, 0.05) is 26.2 Å². The van der Waals surface area contributed by atoms with Gasteiger partial charge in [-0.3, -0.25) is 4.79 Å². The summed E-state index contributed by atoms with van der Waals surface area (Å²) in [5.41, 5.74) is 0. The molecular weight excluding hydrogens is 348 g/mol. The molecule has 2 aromatic rings. The molecule has 19 heavy (non-hydrogen) atoms. The zero-order valence-electron chi connectivity index (χ0n) is 10.2. The number of halogens is 2. The number of ether oxygens (including phenoxy) is 1. The zero-order chi connectivity index (χ0) is 13.8. The molecule has 1 aromatic heterocycles. The van der Waals surface area contributed by atoms with Gasteiger partial charge in [-0.25, -0.2) is 0 Å². The Balaban J connectivity index is 1.96. The highest BCUT2D eigenvalue weighted by Gasteiger charge is 2.16. The van der Waals surface area contributed by atoms with Crippen molar-refractivity contribution in [2.45, 2.75) is 19.4 Å². The summed E-state index contributed by atoms with van der Waals surface area (Å²) in [6.07, 6.45) is -0.0998. The minimum absolute atomic E-state index is 0.0503. The summed E-state index contributed by atoms with van der Waals surface area (Å²) in [7, 11) is 0. The first-order valence-corrected chi connectivity index (χ1v) is 7.77. The molecular formula is C14H12BrClO2S. The van der Waals surface area contributed by atoms with Crippen molar-refractivity contribution in [3.8, 4) is 5.75 Å². The topological polar surface area (TPSA) is 26.3 Å². The van der Waals surface area contributed by atoms with Gasteiger partial charge in [-0.1, -0.05) is 17.7 Å². The fraction of sp³-hybridized carbons (Fsp3) is 0.214. The Morgan fingerprint density at radius 2 is 2.26 bits per heavy atom. The largest absolute Gasteiger partial charge is 0.483 e. The zero-order valence-corrected chi connectivity index (χ0v) is 13.4. The molecule has 0 amide bonds. The average molecular weight is 360 g/mol. The maximum atomic E-state index is 12.0. The molecule has 0 bridgehead atoms. The van der Waals surface area contributed by atoms with Gasteiger partial charge in [0.2, 0.25) is 0 Å². The SMILES string of the molecule is CC(Oc1cccc(Cl)c1)C(=O)Cc1cc(Br)cs1. The molecule has 0 aliphatic heterocycles. The fourth-order valence-corrected chi connectivity index (χ4v) is 3.21. The first-order chi connectivity index (χ1) is 9.04. The van der Waals surface area contributed by atoms with Crippen LogP contribution in [0.25, 0.3) is 0 Å². The van der Waals surface area contributed by atoms with Crippen molar-refractivity contribution in [3.63, 3.8) is 0 Å². The normalized spacial score (nSPS) is 12.2. The van der Waals surface area contributed by atoms with Gasteiger partial charge in [0.05, 0.1) is 0 Å². The fourth-order valence-electron chi connectivity index (χ4n) is 1.57. The molecule has 0 saturated heterocycles. The molecule has 1 aromatic carbocycles. The second kappa shape index (κ2) is 6.55. The first-order valence-electron chi connectivity index (χ1n) is 5.72. The molecule has 2 rings (SSSR count). The molecule has 1 atom stereocenters. The quantitative estimate of drug-likeness (QED) is 0.770. The molecule has 0 saturated carbocycles. The van der Waals surface area contributed by atoms with Crippen molar-refractivity contribution in [1.29, 1.82) is 0 Å². The number of hydrogen-bond acceptors (Lipinski definition) is 3. The minimum Gasteiger partial charge on any atom is -0.483 e. The van der Waals surface area contributed by atoms with Crippen molar-refractivity contribution in [2.24, 2.45) is 0 Å². The van der Waals surface area contributed by atoms with Gasteiger partial charge in [0.25, 0.3) is 0 Å². The molecule has 0 aliphatic carbocycles. The van der Waals surface area contributed by atoms with E-state index < -0.39 is 6.10 Å². The summed E-state index contributed by atoms with van der Waals surface area (Å²) >= 11 is 10.8. The highest BCUT2D eigenvalue weighted by Crippen LogP contribution is 2.22. The monoisotopic (exact) mass is 358 g/mol. The highest BCUT2D eigenvalue weighted by molar-refractivity contribution is 9.10. The number of carbonyl (C=O) groups is 1. The van der Waals surface area contributed by atoms with Crippen LogP contribution in [0, 0.1) is 0 Å². The Hall–Kier alpha value is -0.840. The van der Waals surface area contributed by atoms with Crippen LogP contribution in [0.5, 0.6) is 5.75 Å². The van der Waals surface area contributed by atoms with Crippen molar-refractivity contribution >= 4 is 44.7 Å². The Morgan fingerprint density at radius 3 is 2.89 bits per heavy atom. The second-order valence-electron chi connectivity index (χ2n) is 4.09. The van der Waals surface area contributed by atoms with Crippen LogP contribution in [0.15, 0.2) is 40.2 Å². The van der Waals surface area contributed by atoms with Crippen molar-refractivity contribution in [1.82, 2.24) is 0 Å². The summed E-state index contributed by atoms with van der Waals surface area (Å²) in [6.45, 7) is 1.76. The molecule has 0 spiro atoms. The van der Waals surface area contributed by atoms with Crippen molar-refractivity contribution in [2.75, 3.05) is 0 Å². The Morgan fingerprint density at radius 1 is 1.47 bits per heavy atom. The van der Waals surface area contributed by atoms with Gasteiger partial charge >= 0.3 is 0 Å². The van der Waals surface area contributed by atoms with Gasteiger partial charge in [0.1, 0.15) is 5.75 Å². The predicted molar refractivity (Wildman–Crippen MR) is 82.3 cm³/mol. The van der Waals surface area contributed by atoms with E-state index in [0.29, 0.717) is 17.2 Å². The minimum atomic E-state index is -0.487. The summed E-state index contributed by atoms with van der Waals surface area (Å²) in [5.74, 6) is 0.662. The molecule has 0 radical (unpaired) electrons. The summed E-state index contributed by atoms with van der Waals surface area (Å²) in [6, 6.07) is 9.01. The van der Waals surface area contributed by atoms with Crippen LogP contribution in [0.1, 0.15) is 11.8 Å². The van der Waals surface area contributed by atoms with Crippen LogP contribution < -0.4 is 4.74 Å². The number of thiophene rings is 1. The van der Waals surface area contributed by atoms with Gasteiger partial charge in [-0.05, 0) is 47.1 Å². The maximum Gasteiger partial charge on any atom is 0.178 e. The predicted octanol–water partition coefficient (Wildman–Crippen LogP) is 4.74. The van der Waals surface area contributed by atoms with Gasteiger partial charge in [-0.15, -0.1) is 11.3 Å². The van der Waals surface area contributed by atoms with Crippen LogP contribution in [0.4, 0.5) is 0 Å². The number of hydrogen-bond donors (Lipinski definition) is 0. The lowest BCUT2D eigenvalue weighted by molar-refractivity contribution is -0.124. The second-order valence-corrected chi connectivity index (χ2v) is 6.44. The third kappa shape index (κ3) is 4.34. The van der Waals surface area contributed by atoms with Gasteiger partial charge in [0.15, 0.2) is 11.9 Å². The number of Topliss-reactive ketones (excluding diaryl/α,β-unsaturated/α-hetero) is 1. The highest BCUT2D eigenvalue weighted by atomic mass is 79.9. The molecule has 5 heteroatoms. The van der Waals surface area contributed by atoms with E-state index >= 15 is 0 Å². The van der Waals surface area contributed by atoms with Crippen LogP contribution in [0.3, 0.4) is 0 Å². The third-order valence-electron chi connectivity index (χ3n) is 2.53. The van der Waals surface area contributed by atoms with E-state index in [1.165, 1.54) is 0 Å². The third-order valence-corrected chi connectivity index (χ3v) is 4.47. The number of carbonyl (C=O) groups excluding carboxylic acids is 1. The Bertz CT molecular complexity index is 582. The number of rotatable bonds is 5.